The predicted molar refractivity (Wildman–Crippen MR) is 127 cm³/mol. The van der Waals surface area contributed by atoms with Gasteiger partial charge in [0.1, 0.15) is 5.82 Å². The molecule has 0 spiro atoms. The van der Waals surface area contributed by atoms with Gasteiger partial charge in [-0.3, -0.25) is 19.3 Å². The van der Waals surface area contributed by atoms with Crippen LogP contribution in [0.2, 0.25) is 0 Å². The number of hydrogen-bond acceptors (Lipinski definition) is 4. The largest absolute Gasteiger partial charge is 0.339 e. The lowest BCUT2D eigenvalue weighted by Crippen LogP contribution is -2.36. The van der Waals surface area contributed by atoms with E-state index in [1.807, 2.05) is 17.9 Å². The van der Waals surface area contributed by atoms with E-state index in [-0.39, 0.29) is 30.8 Å². The lowest BCUT2D eigenvalue weighted by molar-refractivity contribution is -0.119. The molecule has 7 nitrogen and oxygen atoms in total. The van der Waals surface area contributed by atoms with Crippen LogP contribution in [0, 0.1) is 12.7 Å². The van der Waals surface area contributed by atoms with Gasteiger partial charge in [0.2, 0.25) is 11.8 Å². The van der Waals surface area contributed by atoms with E-state index in [2.05, 4.69) is 10.6 Å². The topological polar surface area (TPSA) is 81.8 Å². The normalized spacial score (nSPS) is 14.0. The standard InChI is InChI=1S/C25H31FN4O3/c1-18-10-11-21(15-22(18)25(33)30-12-5-3-4-6-13-30)28-24(32)17-29(2)16-23(31)27-20-9-7-8-19(26)14-20/h7-11,14-15H,3-6,12-13,16-17H2,1-2H3,(H,27,31)(H,28,32). The van der Waals surface area contributed by atoms with Crippen LogP contribution in [0.5, 0.6) is 0 Å². The lowest BCUT2D eigenvalue weighted by atomic mass is 10.1. The second kappa shape index (κ2) is 11.6. The Hall–Kier alpha value is -3.26. The zero-order valence-corrected chi connectivity index (χ0v) is 19.2. The van der Waals surface area contributed by atoms with Gasteiger partial charge < -0.3 is 15.5 Å². The van der Waals surface area contributed by atoms with Crippen LogP contribution in [0.4, 0.5) is 15.8 Å². The van der Waals surface area contributed by atoms with Gasteiger partial charge in [-0.25, -0.2) is 4.39 Å². The van der Waals surface area contributed by atoms with E-state index < -0.39 is 5.82 Å². The van der Waals surface area contributed by atoms with Crippen molar-refractivity contribution in [2.45, 2.75) is 32.6 Å². The van der Waals surface area contributed by atoms with E-state index in [4.69, 9.17) is 0 Å². The molecule has 33 heavy (non-hydrogen) atoms. The van der Waals surface area contributed by atoms with Crippen molar-refractivity contribution in [3.63, 3.8) is 0 Å². The zero-order valence-electron chi connectivity index (χ0n) is 19.2. The summed E-state index contributed by atoms with van der Waals surface area (Å²) in [6.07, 6.45) is 4.32. The summed E-state index contributed by atoms with van der Waals surface area (Å²) in [7, 11) is 1.65. The Morgan fingerprint density at radius 3 is 2.12 bits per heavy atom. The first-order valence-electron chi connectivity index (χ1n) is 11.3. The van der Waals surface area contributed by atoms with Gasteiger partial charge in [-0.2, -0.15) is 0 Å². The Bertz CT molecular complexity index is 1000. The van der Waals surface area contributed by atoms with Crippen LogP contribution >= 0.6 is 0 Å². The maximum atomic E-state index is 13.2. The number of benzene rings is 2. The number of rotatable bonds is 7. The number of halogens is 1. The number of carbonyl (C=O) groups excluding carboxylic acids is 3. The molecular formula is C25H31FN4O3. The number of amides is 3. The minimum Gasteiger partial charge on any atom is -0.339 e. The lowest BCUT2D eigenvalue weighted by Gasteiger charge is -2.22. The molecule has 0 aliphatic carbocycles. The summed E-state index contributed by atoms with van der Waals surface area (Å²) in [6, 6.07) is 10.9. The van der Waals surface area contributed by atoms with E-state index >= 15 is 0 Å². The fourth-order valence-corrected chi connectivity index (χ4v) is 3.89. The summed E-state index contributed by atoms with van der Waals surface area (Å²) in [5, 5.41) is 5.41. The van der Waals surface area contributed by atoms with Gasteiger partial charge in [-0.15, -0.1) is 0 Å². The van der Waals surface area contributed by atoms with Gasteiger partial charge in [0.05, 0.1) is 13.1 Å². The summed E-state index contributed by atoms with van der Waals surface area (Å²) >= 11 is 0. The van der Waals surface area contributed by atoms with E-state index in [1.54, 1.807) is 30.1 Å². The minimum absolute atomic E-state index is 0.00311. The molecule has 176 valence electrons. The third-order valence-corrected chi connectivity index (χ3v) is 5.58. The second-order valence-electron chi connectivity index (χ2n) is 8.52. The van der Waals surface area contributed by atoms with Crippen LogP contribution in [-0.4, -0.2) is 60.7 Å². The highest BCUT2D eigenvalue weighted by molar-refractivity contribution is 5.99. The smallest absolute Gasteiger partial charge is 0.254 e. The summed E-state index contributed by atoms with van der Waals surface area (Å²) < 4.78 is 13.2. The molecular weight excluding hydrogens is 423 g/mol. The second-order valence-corrected chi connectivity index (χ2v) is 8.52. The van der Waals surface area contributed by atoms with Crippen molar-refractivity contribution < 1.29 is 18.8 Å². The van der Waals surface area contributed by atoms with Gasteiger partial charge in [-0.05, 0) is 62.7 Å². The van der Waals surface area contributed by atoms with Crippen LogP contribution in [0.25, 0.3) is 0 Å². The van der Waals surface area contributed by atoms with Crippen molar-refractivity contribution in [3.05, 3.63) is 59.4 Å². The summed E-state index contributed by atoms with van der Waals surface area (Å²) in [5.41, 5.74) is 2.37. The molecule has 0 bridgehead atoms. The van der Waals surface area contributed by atoms with Crippen molar-refractivity contribution in [2.75, 3.05) is 43.9 Å². The van der Waals surface area contributed by atoms with Crippen molar-refractivity contribution in [1.29, 1.82) is 0 Å². The SMILES string of the molecule is Cc1ccc(NC(=O)CN(C)CC(=O)Nc2cccc(F)c2)cc1C(=O)N1CCCCCC1. The Morgan fingerprint density at radius 2 is 1.52 bits per heavy atom. The average molecular weight is 455 g/mol. The Morgan fingerprint density at radius 1 is 0.909 bits per heavy atom. The molecule has 0 unspecified atom stereocenters. The maximum absolute atomic E-state index is 13.2. The van der Waals surface area contributed by atoms with Crippen molar-refractivity contribution >= 4 is 29.1 Å². The Balaban J connectivity index is 1.54. The van der Waals surface area contributed by atoms with Crippen LogP contribution in [0.1, 0.15) is 41.6 Å². The number of hydrogen-bond donors (Lipinski definition) is 2. The first-order valence-corrected chi connectivity index (χ1v) is 11.3. The number of carbonyl (C=O) groups is 3. The van der Waals surface area contributed by atoms with Crippen molar-refractivity contribution in [1.82, 2.24) is 9.80 Å². The quantitative estimate of drug-likeness (QED) is 0.669. The van der Waals surface area contributed by atoms with Gasteiger partial charge in [0, 0.05) is 30.0 Å². The van der Waals surface area contributed by atoms with E-state index in [9.17, 15) is 18.8 Å². The van der Waals surface area contributed by atoms with Gasteiger partial charge in [-0.1, -0.05) is 25.0 Å². The number of likely N-dealkylation sites (N-methyl/N-ethyl adjacent to an activating group) is 1. The third kappa shape index (κ3) is 7.39. The van der Waals surface area contributed by atoms with Crippen LogP contribution in [-0.2, 0) is 9.59 Å². The molecule has 1 aliphatic rings. The van der Waals surface area contributed by atoms with E-state index in [1.165, 1.54) is 18.2 Å². The third-order valence-electron chi connectivity index (χ3n) is 5.58. The van der Waals surface area contributed by atoms with E-state index in [0.29, 0.717) is 16.9 Å². The molecule has 1 aliphatic heterocycles. The summed E-state index contributed by atoms with van der Waals surface area (Å²) in [6.45, 7) is 3.37. The number of likely N-dealkylation sites (tertiary alicyclic amines) is 1. The average Bonchev–Trinajstić information content (AvgIpc) is 3.04. The molecule has 0 aromatic heterocycles. The molecule has 2 aromatic rings. The number of anilines is 2. The molecule has 2 N–H and O–H groups in total. The Kier molecular flexibility index (Phi) is 8.54. The summed E-state index contributed by atoms with van der Waals surface area (Å²) in [4.78, 5) is 41.1. The molecule has 0 radical (unpaired) electrons. The van der Waals surface area contributed by atoms with E-state index in [0.717, 1.165) is 44.3 Å². The molecule has 8 heteroatoms. The maximum Gasteiger partial charge on any atom is 0.254 e. The number of nitrogens with zero attached hydrogens (tertiary/aromatic N) is 2. The molecule has 1 heterocycles. The van der Waals surface area contributed by atoms with Crippen LogP contribution < -0.4 is 10.6 Å². The van der Waals surface area contributed by atoms with Crippen molar-refractivity contribution in [2.24, 2.45) is 0 Å². The zero-order chi connectivity index (χ0) is 23.8. The van der Waals surface area contributed by atoms with Crippen LogP contribution in [0.15, 0.2) is 42.5 Å². The van der Waals surface area contributed by atoms with Gasteiger partial charge in [0.15, 0.2) is 0 Å². The molecule has 0 saturated carbocycles. The Labute approximate surface area is 193 Å². The molecule has 3 amide bonds. The van der Waals surface area contributed by atoms with Crippen LogP contribution in [0.3, 0.4) is 0 Å². The van der Waals surface area contributed by atoms with Crippen molar-refractivity contribution in [3.8, 4) is 0 Å². The molecule has 2 aromatic carbocycles. The monoisotopic (exact) mass is 454 g/mol. The fourth-order valence-electron chi connectivity index (χ4n) is 3.89. The number of nitrogens with one attached hydrogen (secondary N) is 2. The molecule has 1 fully saturated rings. The van der Waals surface area contributed by atoms with Gasteiger partial charge >= 0.3 is 0 Å². The molecule has 1 saturated heterocycles. The highest BCUT2D eigenvalue weighted by Crippen LogP contribution is 2.20. The number of aryl methyl sites for hydroxylation is 1. The first kappa shape index (κ1) is 24.4. The minimum atomic E-state index is -0.438. The highest BCUT2D eigenvalue weighted by atomic mass is 19.1. The predicted octanol–water partition coefficient (Wildman–Crippen LogP) is 3.66. The first-order chi connectivity index (χ1) is 15.8. The fraction of sp³-hybridized carbons (Fsp3) is 0.400. The van der Waals surface area contributed by atoms with Gasteiger partial charge in [0.25, 0.3) is 5.91 Å². The highest BCUT2D eigenvalue weighted by Gasteiger charge is 2.20. The summed E-state index contributed by atoms with van der Waals surface area (Å²) in [5.74, 6) is -1.09. The molecule has 3 rings (SSSR count). The molecule has 0 atom stereocenters.